The predicted octanol–water partition coefficient (Wildman–Crippen LogP) is 2.72. The molecule has 30 heavy (non-hydrogen) atoms. The molecular weight excluding hydrogens is 381 g/mol. The summed E-state index contributed by atoms with van der Waals surface area (Å²) < 4.78 is 20.0. The zero-order valence-electron chi connectivity index (χ0n) is 19.0. The number of nitrogens with zero attached hydrogens (tertiary/aromatic N) is 3. The van der Waals surface area contributed by atoms with Crippen molar-refractivity contribution in [3.05, 3.63) is 29.6 Å². The van der Waals surface area contributed by atoms with Gasteiger partial charge in [0.25, 0.3) is 0 Å². The van der Waals surface area contributed by atoms with Gasteiger partial charge in [-0.2, -0.15) is 0 Å². The molecule has 0 spiro atoms. The van der Waals surface area contributed by atoms with Crippen LogP contribution in [-0.4, -0.2) is 75.7 Å². The van der Waals surface area contributed by atoms with Crippen molar-refractivity contribution in [2.45, 2.75) is 32.7 Å². The Morgan fingerprint density at radius 2 is 1.97 bits per heavy atom. The normalized spacial score (nSPS) is 20.6. The number of rotatable bonds is 9. The van der Waals surface area contributed by atoms with Crippen LogP contribution in [0.3, 0.4) is 0 Å². The summed E-state index contributed by atoms with van der Waals surface area (Å²) in [5.74, 6) is 1.91. The highest BCUT2D eigenvalue weighted by Gasteiger charge is 2.22. The summed E-state index contributed by atoms with van der Waals surface area (Å²) in [7, 11) is 3.95. The van der Waals surface area contributed by atoms with Gasteiger partial charge in [0.1, 0.15) is 0 Å². The van der Waals surface area contributed by atoms with E-state index in [0.29, 0.717) is 24.2 Å². The lowest BCUT2D eigenvalue weighted by molar-refractivity contribution is 0.139. The van der Waals surface area contributed by atoms with E-state index in [4.69, 9.17) is 4.74 Å². The van der Waals surface area contributed by atoms with Gasteiger partial charge in [-0.05, 0) is 56.3 Å². The Hall–Kier alpha value is -1.86. The van der Waals surface area contributed by atoms with Gasteiger partial charge in [0.15, 0.2) is 17.5 Å². The summed E-state index contributed by atoms with van der Waals surface area (Å²) in [6, 6.07) is 5.16. The average molecular weight is 420 g/mol. The summed E-state index contributed by atoms with van der Waals surface area (Å²) in [5.41, 5.74) is 0.875. The minimum Gasteiger partial charge on any atom is -0.490 e. The van der Waals surface area contributed by atoms with E-state index in [0.717, 1.165) is 50.8 Å². The molecule has 1 heterocycles. The van der Waals surface area contributed by atoms with Crippen LogP contribution in [0.5, 0.6) is 5.75 Å². The number of ether oxygens (including phenoxy) is 1. The Bertz CT molecular complexity index is 701. The third-order valence-electron chi connectivity index (χ3n) is 5.99. The van der Waals surface area contributed by atoms with E-state index in [1.54, 1.807) is 19.2 Å². The van der Waals surface area contributed by atoms with E-state index in [-0.39, 0.29) is 11.9 Å². The maximum atomic E-state index is 14.4. The molecule has 7 heteroatoms. The molecule has 1 saturated carbocycles. The molecule has 1 aliphatic carbocycles. The maximum absolute atomic E-state index is 14.4. The van der Waals surface area contributed by atoms with E-state index in [9.17, 15) is 4.39 Å². The fourth-order valence-electron chi connectivity index (χ4n) is 3.69. The Labute approximate surface area is 180 Å². The number of hydrogen-bond acceptors (Lipinski definition) is 4. The Kier molecular flexibility index (Phi) is 8.33. The first-order valence-corrected chi connectivity index (χ1v) is 11.2. The molecule has 0 aromatic heterocycles. The van der Waals surface area contributed by atoms with Crippen LogP contribution in [0, 0.1) is 17.7 Å². The number of benzene rings is 1. The molecule has 168 valence electrons. The lowest BCUT2D eigenvalue weighted by Gasteiger charge is -2.34. The van der Waals surface area contributed by atoms with Gasteiger partial charge in [-0.25, -0.2) is 4.39 Å². The second kappa shape index (κ2) is 11.0. The third-order valence-corrected chi connectivity index (χ3v) is 5.99. The van der Waals surface area contributed by atoms with Gasteiger partial charge in [-0.1, -0.05) is 13.0 Å². The van der Waals surface area contributed by atoms with Gasteiger partial charge in [0.2, 0.25) is 0 Å². The maximum Gasteiger partial charge on any atom is 0.191 e. The first kappa shape index (κ1) is 22.8. The van der Waals surface area contributed by atoms with Crippen molar-refractivity contribution in [1.29, 1.82) is 0 Å². The van der Waals surface area contributed by atoms with E-state index < -0.39 is 0 Å². The highest BCUT2D eigenvalue weighted by Crippen LogP contribution is 2.30. The fourth-order valence-corrected chi connectivity index (χ4v) is 3.69. The minimum atomic E-state index is -0.300. The van der Waals surface area contributed by atoms with Gasteiger partial charge in [-0.3, -0.25) is 4.99 Å². The van der Waals surface area contributed by atoms with Crippen molar-refractivity contribution in [3.8, 4) is 5.75 Å². The van der Waals surface area contributed by atoms with Gasteiger partial charge in [0, 0.05) is 46.3 Å². The second-order valence-corrected chi connectivity index (χ2v) is 8.97. The Morgan fingerprint density at radius 1 is 1.23 bits per heavy atom. The van der Waals surface area contributed by atoms with E-state index >= 15 is 0 Å². The molecule has 1 aliphatic heterocycles. The first-order valence-electron chi connectivity index (χ1n) is 11.2. The molecule has 1 aromatic rings. The molecule has 3 rings (SSSR count). The Morgan fingerprint density at radius 3 is 2.60 bits per heavy atom. The SMILES string of the molecule is CN=C(NCC(C)CN1CCN(C)CC1)NC(C)c1ccc(OCC2CC2)c(F)c1. The van der Waals surface area contributed by atoms with Gasteiger partial charge in [-0.15, -0.1) is 0 Å². The van der Waals surface area contributed by atoms with Crippen molar-refractivity contribution < 1.29 is 9.13 Å². The van der Waals surface area contributed by atoms with E-state index in [2.05, 4.69) is 39.4 Å². The predicted molar refractivity (Wildman–Crippen MR) is 121 cm³/mol. The minimum absolute atomic E-state index is 0.0591. The van der Waals surface area contributed by atoms with Crippen molar-refractivity contribution in [2.75, 3.05) is 60.0 Å². The average Bonchev–Trinajstić information content (AvgIpc) is 3.56. The highest BCUT2D eigenvalue weighted by molar-refractivity contribution is 5.80. The summed E-state index contributed by atoms with van der Waals surface area (Å²) in [6.07, 6.45) is 2.39. The third kappa shape index (κ3) is 7.13. The molecule has 0 bridgehead atoms. The lowest BCUT2D eigenvalue weighted by Crippen LogP contribution is -2.47. The summed E-state index contributed by atoms with van der Waals surface area (Å²) in [6.45, 7) is 11.4. The molecule has 2 aliphatic rings. The zero-order valence-corrected chi connectivity index (χ0v) is 19.0. The smallest absolute Gasteiger partial charge is 0.191 e. The number of aliphatic imine (C=N–C) groups is 1. The number of hydrogen-bond donors (Lipinski definition) is 2. The molecule has 2 fully saturated rings. The molecule has 2 atom stereocenters. The number of nitrogens with one attached hydrogen (secondary N) is 2. The van der Waals surface area contributed by atoms with E-state index in [1.165, 1.54) is 12.8 Å². The quantitative estimate of drug-likeness (QED) is 0.476. The van der Waals surface area contributed by atoms with Crippen LogP contribution in [0.4, 0.5) is 4.39 Å². The number of halogens is 1. The van der Waals surface area contributed by atoms with Crippen molar-refractivity contribution in [2.24, 2.45) is 16.8 Å². The van der Waals surface area contributed by atoms with Gasteiger partial charge in [0.05, 0.1) is 12.6 Å². The molecule has 0 radical (unpaired) electrons. The van der Waals surface area contributed by atoms with Crippen LogP contribution in [0.25, 0.3) is 0 Å². The summed E-state index contributed by atoms with van der Waals surface area (Å²) >= 11 is 0. The second-order valence-electron chi connectivity index (χ2n) is 8.97. The number of guanidine groups is 1. The van der Waals surface area contributed by atoms with Crippen molar-refractivity contribution in [3.63, 3.8) is 0 Å². The van der Waals surface area contributed by atoms with Gasteiger partial charge < -0.3 is 25.2 Å². The molecule has 2 unspecified atom stereocenters. The van der Waals surface area contributed by atoms with E-state index in [1.807, 2.05) is 13.0 Å². The molecule has 2 N–H and O–H groups in total. The zero-order chi connectivity index (χ0) is 21.5. The van der Waals surface area contributed by atoms with Crippen LogP contribution in [0.15, 0.2) is 23.2 Å². The molecule has 6 nitrogen and oxygen atoms in total. The first-order chi connectivity index (χ1) is 14.4. The van der Waals surface area contributed by atoms with Crippen molar-refractivity contribution >= 4 is 5.96 Å². The van der Waals surface area contributed by atoms with Crippen LogP contribution in [-0.2, 0) is 0 Å². The number of piperazine rings is 1. The lowest BCUT2D eigenvalue weighted by atomic mass is 10.1. The molecule has 1 aromatic carbocycles. The fraction of sp³-hybridized carbons (Fsp3) is 0.696. The summed E-state index contributed by atoms with van der Waals surface area (Å²) in [5, 5.41) is 6.78. The number of likely N-dealkylation sites (N-methyl/N-ethyl adjacent to an activating group) is 1. The van der Waals surface area contributed by atoms with Crippen LogP contribution in [0.1, 0.15) is 38.3 Å². The Balaban J connectivity index is 1.43. The topological polar surface area (TPSA) is 52.1 Å². The summed E-state index contributed by atoms with van der Waals surface area (Å²) in [4.78, 5) is 9.24. The van der Waals surface area contributed by atoms with Gasteiger partial charge >= 0.3 is 0 Å². The highest BCUT2D eigenvalue weighted by atomic mass is 19.1. The largest absolute Gasteiger partial charge is 0.490 e. The molecular formula is C23H38FN5O. The molecule has 1 saturated heterocycles. The van der Waals surface area contributed by atoms with Crippen LogP contribution in [0.2, 0.25) is 0 Å². The van der Waals surface area contributed by atoms with Crippen LogP contribution >= 0.6 is 0 Å². The monoisotopic (exact) mass is 419 g/mol. The molecule has 0 amide bonds. The standard InChI is InChI=1S/C23H38FN5O/c1-17(15-29-11-9-28(4)10-12-29)14-26-23(25-3)27-18(2)20-7-8-22(21(24)13-20)30-16-19-5-6-19/h7-8,13,17-19H,5-6,9-12,14-16H2,1-4H3,(H2,25,26,27). The van der Waals surface area contributed by atoms with Crippen molar-refractivity contribution in [1.82, 2.24) is 20.4 Å². The van der Waals surface area contributed by atoms with Crippen LogP contribution < -0.4 is 15.4 Å².